The molecule has 1 aliphatic heterocycles. The number of allylic oxidation sites excluding steroid dienone is 5. The lowest BCUT2D eigenvalue weighted by molar-refractivity contribution is 0.102. The van der Waals surface area contributed by atoms with Gasteiger partial charge in [-0.1, -0.05) is 0 Å². The van der Waals surface area contributed by atoms with E-state index in [2.05, 4.69) is 4.99 Å². The zero-order valence-corrected chi connectivity index (χ0v) is 12.3. The van der Waals surface area contributed by atoms with Crippen LogP contribution >= 0.6 is 11.3 Å². The van der Waals surface area contributed by atoms with Crippen LogP contribution < -0.4 is 0 Å². The number of halogens is 1. The number of hydrogen-bond donors (Lipinski definition) is 1. The van der Waals surface area contributed by atoms with Crippen molar-refractivity contribution in [2.75, 3.05) is 7.11 Å². The summed E-state index contributed by atoms with van der Waals surface area (Å²) in [6, 6.07) is 1.37. The van der Waals surface area contributed by atoms with Gasteiger partial charge in [0.2, 0.25) is 0 Å². The second-order valence-electron chi connectivity index (χ2n) is 4.76. The molecule has 1 aliphatic carbocycles. The van der Waals surface area contributed by atoms with Gasteiger partial charge >= 0.3 is 0 Å². The van der Waals surface area contributed by atoms with Crippen LogP contribution in [0.2, 0.25) is 0 Å². The van der Waals surface area contributed by atoms with Gasteiger partial charge in [0.15, 0.2) is 22.4 Å². The highest BCUT2D eigenvalue weighted by atomic mass is 32.1. The molecule has 0 radical (unpaired) electrons. The molecule has 3 rings (SSSR count). The van der Waals surface area contributed by atoms with E-state index in [-0.39, 0.29) is 28.6 Å². The maximum absolute atomic E-state index is 14.5. The Morgan fingerprint density at radius 1 is 1.52 bits per heavy atom. The fourth-order valence-corrected chi connectivity index (χ4v) is 3.06. The monoisotopic (exact) mass is 305 g/mol. The Kier molecular flexibility index (Phi) is 3.25. The molecule has 0 atom stereocenters. The van der Waals surface area contributed by atoms with Gasteiger partial charge in [-0.15, -0.1) is 11.3 Å². The molecule has 2 aliphatic rings. The summed E-state index contributed by atoms with van der Waals surface area (Å²) in [5, 5.41) is 10.9. The predicted molar refractivity (Wildman–Crippen MR) is 78.3 cm³/mol. The summed E-state index contributed by atoms with van der Waals surface area (Å²) < 4.78 is 19.6. The Bertz CT molecular complexity index is 768. The molecule has 0 saturated heterocycles. The number of aliphatic imine (C=N–C) groups is 1. The SMILES string of the molecule is COC1=C(C(=O)c2csc(O)c2)CC2=NC(C)=CC2=C1F. The largest absolute Gasteiger partial charge is 0.499 e. The van der Waals surface area contributed by atoms with E-state index in [0.717, 1.165) is 11.3 Å². The third-order valence-corrected chi connectivity index (χ3v) is 4.09. The number of ketones is 1. The van der Waals surface area contributed by atoms with Crippen molar-refractivity contribution in [3.63, 3.8) is 0 Å². The predicted octanol–water partition coefficient (Wildman–Crippen LogP) is 3.52. The van der Waals surface area contributed by atoms with Crippen LogP contribution in [-0.2, 0) is 4.74 Å². The highest BCUT2D eigenvalue weighted by Crippen LogP contribution is 2.37. The number of hydrogen-bond acceptors (Lipinski definition) is 5. The molecule has 21 heavy (non-hydrogen) atoms. The van der Waals surface area contributed by atoms with Crippen molar-refractivity contribution in [1.82, 2.24) is 0 Å². The van der Waals surface area contributed by atoms with Gasteiger partial charge < -0.3 is 9.84 Å². The lowest BCUT2D eigenvalue weighted by Gasteiger charge is -2.18. The molecule has 0 amide bonds. The molecule has 0 saturated carbocycles. The lowest BCUT2D eigenvalue weighted by atomic mass is 9.90. The van der Waals surface area contributed by atoms with Gasteiger partial charge in [0.1, 0.15) is 0 Å². The summed E-state index contributed by atoms with van der Waals surface area (Å²) in [6.07, 6.45) is 1.86. The zero-order valence-electron chi connectivity index (χ0n) is 11.4. The molecule has 2 heterocycles. The van der Waals surface area contributed by atoms with E-state index in [1.54, 1.807) is 13.0 Å². The van der Waals surface area contributed by atoms with Crippen LogP contribution in [0.3, 0.4) is 0 Å². The molecule has 4 nitrogen and oxygen atoms in total. The third kappa shape index (κ3) is 2.21. The fourth-order valence-electron chi connectivity index (χ4n) is 2.44. The second-order valence-corrected chi connectivity index (χ2v) is 5.65. The molecule has 0 spiro atoms. The molecular weight excluding hydrogens is 293 g/mol. The Morgan fingerprint density at radius 2 is 2.29 bits per heavy atom. The maximum atomic E-state index is 14.5. The number of carbonyl (C=O) groups excluding carboxylic acids is 1. The molecule has 0 bridgehead atoms. The number of thiophene rings is 1. The number of nitrogens with zero attached hydrogens (tertiary/aromatic N) is 1. The van der Waals surface area contributed by atoms with Gasteiger partial charge in [-0.05, 0) is 13.0 Å². The van der Waals surface area contributed by atoms with Crippen LogP contribution in [0.15, 0.2) is 50.9 Å². The van der Waals surface area contributed by atoms with Crippen LogP contribution in [0.5, 0.6) is 5.06 Å². The van der Waals surface area contributed by atoms with Crippen molar-refractivity contribution < 1.29 is 19.0 Å². The number of methoxy groups -OCH3 is 1. The van der Waals surface area contributed by atoms with Crippen LogP contribution in [0.25, 0.3) is 0 Å². The van der Waals surface area contributed by atoms with Crippen molar-refractivity contribution in [3.8, 4) is 5.06 Å². The average molecular weight is 305 g/mol. The molecule has 108 valence electrons. The highest BCUT2D eigenvalue weighted by Gasteiger charge is 2.32. The first kappa shape index (κ1) is 13.8. The maximum Gasteiger partial charge on any atom is 0.194 e. The fraction of sp³-hybridized carbons (Fsp3) is 0.200. The Hall–Kier alpha value is -2.21. The first-order valence-corrected chi connectivity index (χ1v) is 7.15. The van der Waals surface area contributed by atoms with Gasteiger partial charge in [-0.25, -0.2) is 4.39 Å². The van der Waals surface area contributed by atoms with Crippen molar-refractivity contribution in [2.24, 2.45) is 4.99 Å². The van der Waals surface area contributed by atoms with E-state index in [4.69, 9.17) is 4.74 Å². The topological polar surface area (TPSA) is 58.9 Å². The Labute approximate surface area is 124 Å². The van der Waals surface area contributed by atoms with E-state index < -0.39 is 5.83 Å². The quantitative estimate of drug-likeness (QED) is 0.869. The minimum atomic E-state index is -0.567. The number of fused-ring (bicyclic) bond motifs is 1. The van der Waals surface area contributed by atoms with Crippen LogP contribution in [0, 0.1) is 0 Å². The van der Waals surface area contributed by atoms with E-state index in [1.807, 2.05) is 0 Å². The minimum absolute atomic E-state index is 0.0427. The summed E-state index contributed by atoms with van der Waals surface area (Å²) in [5.41, 5.74) is 2.16. The number of ether oxygens (including phenoxy) is 1. The highest BCUT2D eigenvalue weighted by molar-refractivity contribution is 7.12. The van der Waals surface area contributed by atoms with Gasteiger partial charge in [0, 0.05) is 34.7 Å². The van der Waals surface area contributed by atoms with Crippen LogP contribution in [0.1, 0.15) is 23.7 Å². The van der Waals surface area contributed by atoms with E-state index in [0.29, 0.717) is 22.5 Å². The van der Waals surface area contributed by atoms with Gasteiger partial charge in [-0.3, -0.25) is 9.79 Å². The average Bonchev–Trinajstić information content (AvgIpc) is 3.03. The van der Waals surface area contributed by atoms with Crippen molar-refractivity contribution >= 4 is 22.8 Å². The first-order valence-electron chi connectivity index (χ1n) is 6.27. The molecule has 6 heteroatoms. The summed E-state index contributed by atoms with van der Waals surface area (Å²) in [6.45, 7) is 1.77. The number of rotatable bonds is 3. The number of Topliss-reactive ketones (excluding diaryl/α,β-unsaturated/α-hetero) is 1. The van der Waals surface area contributed by atoms with Gasteiger partial charge in [0.05, 0.1) is 18.4 Å². The summed E-state index contributed by atoms with van der Waals surface area (Å²) in [7, 11) is 1.33. The van der Waals surface area contributed by atoms with E-state index in [9.17, 15) is 14.3 Å². The lowest BCUT2D eigenvalue weighted by Crippen LogP contribution is -2.18. The molecular formula is C15H12FNO3S. The Morgan fingerprint density at radius 3 is 2.90 bits per heavy atom. The van der Waals surface area contributed by atoms with Crippen molar-refractivity contribution in [2.45, 2.75) is 13.3 Å². The third-order valence-electron chi connectivity index (χ3n) is 3.36. The van der Waals surface area contributed by atoms with E-state index in [1.165, 1.54) is 18.6 Å². The summed E-state index contributed by atoms with van der Waals surface area (Å²) in [4.78, 5) is 16.7. The van der Waals surface area contributed by atoms with Gasteiger partial charge in [-0.2, -0.15) is 0 Å². The molecule has 0 fully saturated rings. The first-order chi connectivity index (χ1) is 10.0. The minimum Gasteiger partial charge on any atom is -0.499 e. The van der Waals surface area contributed by atoms with Crippen LogP contribution in [0.4, 0.5) is 4.39 Å². The van der Waals surface area contributed by atoms with Crippen LogP contribution in [-0.4, -0.2) is 23.7 Å². The number of aromatic hydroxyl groups is 1. The second kappa shape index (κ2) is 4.96. The van der Waals surface area contributed by atoms with Gasteiger partial charge in [0.25, 0.3) is 0 Å². The van der Waals surface area contributed by atoms with Crippen molar-refractivity contribution in [3.05, 3.63) is 51.5 Å². The summed E-state index contributed by atoms with van der Waals surface area (Å²) in [5.74, 6) is -0.974. The normalized spacial score (nSPS) is 17.7. The standard InChI is InChI=1S/C15H12FNO3S/c1-7-3-9-11(17-7)5-10(15(20-2)13(9)16)14(19)8-4-12(18)21-6-8/h3-4,6,18H,5H2,1-2H3. The molecule has 1 aromatic heterocycles. The Balaban J connectivity index is 2.08. The molecule has 0 unspecified atom stereocenters. The van der Waals surface area contributed by atoms with E-state index >= 15 is 0 Å². The number of carbonyl (C=O) groups is 1. The smallest absolute Gasteiger partial charge is 0.194 e. The molecule has 1 N–H and O–H groups in total. The molecule has 0 aromatic carbocycles. The zero-order chi connectivity index (χ0) is 15.1. The summed E-state index contributed by atoms with van der Waals surface area (Å²) >= 11 is 1.05. The van der Waals surface area contributed by atoms with Crippen molar-refractivity contribution in [1.29, 1.82) is 0 Å². The molecule has 1 aromatic rings.